The second kappa shape index (κ2) is 13.0. The van der Waals surface area contributed by atoms with Crippen LogP contribution in [-0.4, -0.2) is 31.6 Å². The van der Waals surface area contributed by atoms with E-state index < -0.39 is 29.9 Å². The van der Waals surface area contributed by atoms with Gasteiger partial charge in [-0.25, -0.2) is 0 Å². The van der Waals surface area contributed by atoms with Gasteiger partial charge in [0.05, 0.1) is 31.6 Å². The summed E-state index contributed by atoms with van der Waals surface area (Å²) in [5.74, 6) is 0.638. The summed E-state index contributed by atoms with van der Waals surface area (Å²) in [5.41, 5.74) is 1.45. The van der Waals surface area contributed by atoms with Gasteiger partial charge in [-0.05, 0) is 54.8 Å². The largest absolute Gasteiger partial charge is 0.496 e. The summed E-state index contributed by atoms with van der Waals surface area (Å²) in [5, 5.41) is 0.891. The summed E-state index contributed by atoms with van der Waals surface area (Å²) in [7, 11) is 1.64. The highest BCUT2D eigenvalue weighted by molar-refractivity contribution is 7.99. The standard InChI is InChI=1S/C30H37F3O4S/c1-6-7-8-9-21-10-13-24(26(14-21)35-5)27-15-22-11-12-23(16-25(22)37-27)38-19-29(4,17-30(31,32)33)18-36-28(34)20(2)3/h10-16,20H,6-9,17-19H2,1-5H3. The Labute approximate surface area is 227 Å². The molecule has 3 rings (SSSR count). The first-order chi connectivity index (χ1) is 17.9. The van der Waals surface area contributed by atoms with Crippen molar-refractivity contribution in [2.75, 3.05) is 19.5 Å². The molecule has 0 aliphatic heterocycles. The van der Waals surface area contributed by atoms with Crippen LogP contribution in [0.3, 0.4) is 0 Å². The van der Waals surface area contributed by atoms with E-state index in [1.807, 2.05) is 36.4 Å². The number of thioether (sulfide) groups is 1. The average molecular weight is 551 g/mol. The van der Waals surface area contributed by atoms with Crippen LogP contribution in [0.25, 0.3) is 22.3 Å². The fourth-order valence-corrected chi connectivity index (χ4v) is 5.26. The third-order valence-corrected chi connectivity index (χ3v) is 7.77. The number of halogens is 3. The highest BCUT2D eigenvalue weighted by Gasteiger charge is 2.40. The minimum absolute atomic E-state index is 0.129. The lowest BCUT2D eigenvalue weighted by molar-refractivity contribution is -0.169. The molecule has 4 nitrogen and oxygen atoms in total. The summed E-state index contributed by atoms with van der Waals surface area (Å²) < 4.78 is 57.0. The van der Waals surface area contributed by atoms with Gasteiger partial charge in [-0.1, -0.05) is 46.6 Å². The molecule has 0 saturated heterocycles. The van der Waals surface area contributed by atoms with Crippen molar-refractivity contribution >= 4 is 28.7 Å². The molecule has 2 aromatic carbocycles. The number of alkyl halides is 3. The van der Waals surface area contributed by atoms with Gasteiger partial charge in [0, 0.05) is 21.4 Å². The Morgan fingerprint density at radius 1 is 1.08 bits per heavy atom. The summed E-state index contributed by atoms with van der Waals surface area (Å²) in [6, 6.07) is 13.7. The van der Waals surface area contributed by atoms with Crippen LogP contribution in [0.1, 0.15) is 58.9 Å². The highest BCUT2D eigenvalue weighted by Crippen LogP contribution is 2.40. The van der Waals surface area contributed by atoms with Gasteiger partial charge in [-0.2, -0.15) is 13.2 Å². The minimum Gasteiger partial charge on any atom is -0.496 e. The maximum atomic E-state index is 13.3. The zero-order chi connectivity index (χ0) is 27.9. The normalized spacial score (nSPS) is 13.6. The predicted molar refractivity (Wildman–Crippen MR) is 147 cm³/mol. The Kier molecular flexibility index (Phi) is 10.2. The van der Waals surface area contributed by atoms with Gasteiger partial charge in [-0.15, -0.1) is 11.8 Å². The smallest absolute Gasteiger partial charge is 0.389 e. The first-order valence-electron chi connectivity index (χ1n) is 13.0. The van der Waals surface area contributed by atoms with Crippen molar-refractivity contribution in [3.8, 4) is 17.1 Å². The average Bonchev–Trinajstić information content (AvgIpc) is 3.28. The number of aryl methyl sites for hydroxylation is 1. The third-order valence-electron chi connectivity index (χ3n) is 6.34. The van der Waals surface area contributed by atoms with Gasteiger partial charge < -0.3 is 13.9 Å². The van der Waals surface area contributed by atoms with Crippen molar-refractivity contribution < 1.29 is 31.9 Å². The van der Waals surface area contributed by atoms with Gasteiger partial charge in [0.1, 0.15) is 17.1 Å². The molecular weight excluding hydrogens is 513 g/mol. The fraction of sp³-hybridized carbons (Fsp3) is 0.500. The molecule has 0 amide bonds. The molecule has 1 aromatic heterocycles. The Bertz CT molecular complexity index is 1220. The lowest BCUT2D eigenvalue weighted by Gasteiger charge is -2.30. The molecule has 1 atom stereocenters. The maximum Gasteiger partial charge on any atom is 0.389 e. The molecule has 3 aromatic rings. The van der Waals surface area contributed by atoms with E-state index in [0.717, 1.165) is 34.4 Å². The first-order valence-corrected chi connectivity index (χ1v) is 14.0. The number of fused-ring (bicyclic) bond motifs is 1. The number of unbranched alkanes of at least 4 members (excludes halogenated alkanes) is 2. The van der Waals surface area contributed by atoms with Gasteiger partial charge in [0.15, 0.2) is 0 Å². The van der Waals surface area contributed by atoms with Crippen LogP contribution in [0, 0.1) is 11.3 Å². The van der Waals surface area contributed by atoms with Gasteiger partial charge in [0.25, 0.3) is 0 Å². The molecule has 0 bridgehead atoms. The number of esters is 1. The van der Waals surface area contributed by atoms with Gasteiger partial charge in [-0.3, -0.25) is 4.79 Å². The van der Waals surface area contributed by atoms with E-state index in [4.69, 9.17) is 13.9 Å². The van der Waals surface area contributed by atoms with Crippen molar-refractivity contribution in [3.05, 3.63) is 48.0 Å². The molecule has 0 spiro atoms. The van der Waals surface area contributed by atoms with Crippen LogP contribution in [0.4, 0.5) is 13.2 Å². The van der Waals surface area contributed by atoms with Crippen molar-refractivity contribution in [1.82, 2.24) is 0 Å². The van der Waals surface area contributed by atoms with Gasteiger partial charge in [0.2, 0.25) is 0 Å². The second-order valence-corrected chi connectivity index (χ2v) is 11.5. The molecule has 1 heterocycles. The minimum atomic E-state index is -4.37. The highest BCUT2D eigenvalue weighted by atomic mass is 32.2. The van der Waals surface area contributed by atoms with E-state index in [2.05, 4.69) is 13.0 Å². The predicted octanol–water partition coefficient (Wildman–Crippen LogP) is 9.09. The van der Waals surface area contributed by atoms with Crippen molar-refractivity contribution in [2.45, 2.75) is 70.9 Å². The molecule has 1 unspecified atom stereocenters. The Hall–Kier alpha value is -2.61. The molecule has 8 heteroatoms. The molecule has 0 radical (unpaired) electrons. The Morgan fingerprint density at radius 3 is 2.50 bits per heavy atom. The molecule has 0 fully saturated rings. The second-order valence-electron chi connectivity index (χ2n) is 10.5. The Balaban J connectivity index is 1.77. The van der Waals surface area contributed by atoms with E-state index in [1.54, 1.807) is 21.0 Å². The number of rotatable bonds is 13. The SMILES string of the molecule is CCCCCc1ccc(-c2cc3ccc(SCC(C)(COC(=O)C(C)C)CC(F)(F)F)cc3o2)c(OC)c1. The van der Waals surface area contributed by atoms with Crippen LogP contribution in [0.2, 0.25) is 0 Å². The summed E-state index contributed by atoms with van der Waals surface area (Å²) >= 11 is 1.29. The summed E-state index contributed by atoms with van der Waals surface area (Å²) in [6.07, 6.45) is -0.931. The van der Waals surface area contributed by atoms with E-state index in [1.165, 1.54) is 37.1 Å². The number of hydrogen-bond acceptors (Lipinski definition) is 5. The van der Waals surface area contributed by atoms with Crippen LogP contribution in [-0.2, 0) is 16.0 Å². The Morgan fingerprint density at radius 2 is 1.84 bits per heavy atom. The molecule has 208 valence electrons. The van der Waals surface area contributed by atoms with E-state index in [9.17, 15) is 18.0 Å². The van der Waals surface area contributed by atoms with Gasteiger partial charge >= 0.3 is 12.1 Å². The lowest BCUT2D eigenvalue weighted by atomic mass is 9.90. The number of hydrogen-bond donors (Lipinski definition) is 0. The first kappa shape index (κ1) is 29.9. The van der Waals surface area contributed by atoms with Crippen molar-refractivity contribution in [3.63, 3.8) is 0 Å². The fourth-order valence-electron chi connectivity index (χ4n) is 4.21. The molecule has 0 aliphatic carbocycles. The molecule has 0 N–H and O–H groups in total. The summed E-state index contributed by atoms with van der Waals surface area (Å²) in [6.45, 7) is 6.70. The number of methoxy groups -OCH3 is 1. The molecular formula is C30H37F3O4S. The van der Waals surface area contributed by atoms with Crippen LogP contribution >= 0.6 is 11.8 Å². The van der Waals surface area contributed by atoms with Crippen LogP contribution < -0.4 is 4.74 Å². The molecule has 0 saturated carbocycles. The number of ether oxygens (including phenoxy) is 2. The van der Waals surface area contributed by atoms with E-state index >= 15 is 0 Å². The third kappa shape index (κ3) is 8.45. The molecule has 0 aliphatic rings. The number of carbonyl (C=O) groups excluding carboxylic acids is 1. The maximum absolute atomic E-state index is 13.3. The van der Waals surface area contributed by atoms with Crippen LogP contribution in [0.5, 0.6) is 5.75 Å². The monoisotopic (exact) mass is 550 g/mol. The number of carbonyl (C=O) groups is 1. The van der Waals surface area contributed by atoms with E-state index in [0.29, 0.717) is 11.3 Å². The van der Waals surface area contributed by atoms with Crippen molar-refractivity contribution in [2.24, 2.45) is 11.3 Å². The zero-order valence-corrected chi connectivity index (χ0v) is 23.6. The zero-order valence-electron chi connectivity index (χ0n) is 22.7. The summed E-state index contributed by atoms with van der Waals surface area (Å²) in [4.78, 5) is 12.7. The van der Waals surface area contributed by atoms with Crippen molar-refractivity contribution in [1.29, 1.82) is 0 Å². The number of benzene rings is 2. The molecule has 38 heavy (non-hydrogen) atoms. The quantitative estimate of drug-likeness (QED) is 0.121. The number of furan rings is 1. The van der Waals surface area contributed by atoms with E-state index in [-0.39, 0.29) is 12.4 Å². The lowest BCUT2D eigenvalue weighted by Crippen LogP contribution is -2.34. The van der Waals surface area contributed by atoms with Crippen LogP contribution in [0.15, 0.2) is 51.8 Å². The topological polar surface area (TPSA) is 48.7 Å².